The molecular formula is C15H15BF-. The molecule has 0 atom stereocenters. The second-order valence-electron chi connectivity index (χ2n) is 4.33. The molecule has 0 spiro atoms. The third-order valence-electron chi connectivity index (χ3n) is 3.04. The Bertz CT molecular complexity index is 500. The molecule has 2 radical (unpaired) electrons. The maximum absolute atomic E-state index is 13.0. The van der Waals surface area contributed by atoms with Crippen molar-refractivity contribution in [2.45, 2.75) is 20.2 Å². The fourth-order valence-electron chi connectivity index (χ4n) is 2.02. The molecule has 0 aliphatic heterocycles. The Morgan fingerprint density at radius 1 is 1.00 bits per heavy atom. The summed E-state index contributed by atoms with van der Waals surface area (Å²) in [5.74, 6) is -0.180. The quantitative estimate of drug-likeness (QED) is 0.704. The third-order valence-corrected chi connectivity index (χ3v) is 3.04. The minimum atomic E-state index is -0.180. The van der Waals surface area contributed by atoms with Crippen LogP contribution >= 0.6 is 0 Å². The number of halogens is 1. The summed E-state index contributed by atoms with van der Waals surface area (Å²) in [6.07, 6.45) is 0.849. The van der Waals surface area contributed by atoms with Crippen LogP contribution in [-0.2, 0) is 6.32 Å². The van der Waals surface area contributed by atoms with Crippen LogP contribution < -0.4 is 5.46 Å². The smallest absolute Gasteiger partial charge is 0.119 e. The number of hydrogen-bond donors (Lipinski definition) is 0. The van der Waals surface area contributed by atoms with Crippen molar-refractivity contribution in [3.63, 3.8) is 0 Å². The minimum Gasteiger partial charge on any atom is -0.291 e. The second kappa shape index (κ2) is 5.18. The van der Waals surface area contributed by atoms with Gasteiger partial charge in [0.25, 0.3) is 0 Å². The average molecular weight is 225 g/mol. The van der Waals surface area contributed by atoms with E-state index in [0.717, 1.165) is 11.8 Å². The molecule has 2 aromatic carbocycles. The molecular weight excluding hydrogens is 210 g/mol. The number of hydrogen-bond acceptors (Lipinski definition) is 0. The lowest BCUT2D eigenvalue weighted by Crippen LogP contribution is -2.17. The maximum atomic E-state index is 13.0. The van der Waals surface area contributed by atoms with Crippen LogP contribution in [0.3, 0.4) is 0 Å². The standard InChI is InChI=1S/C15H15BF/c1-11-5-3-6-12(2)15(11)10-16-13-7-4-8-14(17)9-13/h3-9H,10H2,1-2H3/q-1. The van der Waals surface area contributed by atoms with Crippen molar-refractivity contribution in [2.24, 2.45) is 0 Å². The van der Waals surface area contributed by atoms with Crippen LogP contribution in [0.5, 0.6) is 0 Å². The summed E-state index contributed by atoms with van der Waals surface area (Å²) in [6.45, 7) is 4.23. The van der Waals surface area contributed by atoms with Gasteiger partial charge < -0.3 is 0 Å². The largest absolute Gasteiger partial charge is 0.291 e. The lowest BCUT2D eigenvalue weighted by atomic mass is 9.64. The van der Waals surface area contributed by atoms with E-state index in [9.17, 15) is 4.39 Å². The number of aryl methyl sites for hydroxylation is 2. The van der Waals surface area contributed by atoms with E-state index in [1.807, 2.05) is 6.07 Å². The summed E-state index contributed by atoms with van der Waals surface area (Å²) in [4.78, 5) is 0. The van der Waals surface area contributed by atoms with E-state index in [1.54, 1.807) is 12.1 Å². The molecule has 2 rings (SSSR count). The van der Waals surface area contributed by atoms with E-state index in [1.165, 1.54) is 22.8 Å². The van der Waals surface area contributed by atoms with E-state index >= 15 is 0 Å². The first-order valence-electron chi connectivity index (χ1n) is 5.80. The number of benzene rings is 2. The van der Waals surface area contributed by atoms with Crippen LogP contribution in [0.1, 0.15) is 16.7 Å². The van der Waals surface area contributed by atoms with Gasteiger partial charge >= 0.3 is 0 Å². The van der Waals surface area contributed by atoms with Crippen LogP contribution in [-0.4, -0.2) is 7.28 Å². The normalized spacial score (nSPS) is 10.5. The monoisotopic (exact) mass is 225 g/mol. The van der Waals surface area contributed by atoms with Crippen molar-refractivity contribution in [1.82, 2.24) is 0 Å². The first-order valence-corrected chi connectivity index (χ1v) is 5.80. The van der Waals surface area contributed by atoms with Crippen molar-refractivity contribution >= 4 is 12.7 Å². The summed E-state index contributed by atoms with van der Waals surface area (Å²) in [5.41, 5.74) is 4.85. The highest BCUT2D eigenvalue weighted by Crippen LogP contribution is 2.13. The van der Waals surface area contributed by atoms with E-state index in [2.05, 4.69) is 39.3 Å². The molecule has 0 aliphatic carbocycles. The molecule has 0 saturated heterocycles. The maximum Gasteiger partial charge on any atom is 0.119 e. The van der Waals surface area contributed by atoms with Crippen LogP contribution in [0.15, 0.2) is 42.5 Å². The van der Waals surface area contributed by atoms with Crippen LogP contribution in [0, 0.1) is 19.7 Å². The molecule has 0 saturated carbocycles. The van der Waals surface area contributed by atoms with Crippen molar-refractivity contribution in [1.29, 1.82) is 0 Å². The van der Waals surface area contributed by atoms with Gasteiger partial charge in [0.1, 0.15) is 5.82 Å². The fraction of sp³-hybridized carbons (Fsp3) is 0.200. The Labute approximate surface area is 103 Å². The highest BCUT2D eigenvalue weighted by Gasteiger charge is 1.96. The van der Waals surface area contributed by atoms with E-state index in [-0.39, 0.29) is 5.82 Å². The van der Waals surface area contributed by atoms with Crippen molar-refractivity contribution < 1.29 is 4.39 Å². The van der Waals surface area contributed by atoms with Gasteiger partial charge in [0.2, 0.25) is 0 Å². The zero-order valence-corrected chi connectivity index (χ0v) is 10.2. The van der Waals surface area contributed by atoms with Crippen molar-refractivity contribution in [2.75, 3.05) is 0 Å². The highest BCUT2D eigenvalue weighted by atomic mass is 19.1. The van der Waals surface area contributed by atoms with Crippen LogP contribution in [0.2, 0.25) is 0 Å². The van der Waals surface area contributed by atoms with E-state index < -0.39 is 0 Å². The minimum absolute atomic E-state index is 0.180. The fourth-order valence-corrected chi connectivity index (χ4v) is 2.02. The second-order valence-corrected chi connectivity index (χ2v) is 4.33. The summed E-state index contributed by atoms with van der Waals surface area (Å²) in [5, 5.41) is 0. The van der Waals surface area contributed by atoms with Gasteiger partial charge in [0, 0.05) is 0 Å². The first kappa shape index (κ1) is 11.9. The van der Waals surface area contributed by atoms with Gasteiger partial charge in [0.05, 0.1) is 0 Å². The zero-order valence-electron chi connectivity index (χ0n) is 10.2. The molecule has 0 nitrogen and oxygen atoms in total. The predicted octanol–water partition coefficient (Wildman–Crippen LogP) is 2.97. The highest BCUT2D eigenvalue weighted by molar-refractivity contribution is 6.52. The summed E-state index contributed by atoms with van der Waals surface area (Å²) >= 11 is 0. The van der Waals surface area contributed by atoms with Crippen LogP contribution in [0.4, 0.5) is 4.39 Å². The molecule has 0 heterocycles. The SMILES string of the molecule is Cc1cccc(C)c1C[B-]c1cccc(F)c1. The van der Waals surface area contributed by atoms with Gasteiger partial charge in [-0.2, -0.15) is 0 Å². The lowest BCUT2D eigenvalue weighted by molar-refractivity contribution is 0.629. The lowest BCUT2D eigenvalue weighted by Gasteiger charge is -2.19. The molecule has 86 valence electrons. The van der Waals surface area contributed by atoms with Gasteiger partial charge in [-0.15, -0.1) is 6.07 Å². The Kier molecular flexibility index (Phi) is 3.63. The molecule has 2 aromatic rings. The Balaban J connectivity index is 2.13. The zero-order chi connectivity index (χ0) is 12.3. The summed E-state index contributed by atoms with van der Waals surface area (Å²) in [6, 6.07) is 13.0. The van der Waals surface area contributed by atoms with Crippen molar-refractivity contribution in [3.8, 4) is 0 Å². The molecule has 0 unspecified atom stereocenters. The number of rotatable bonds is 3. The Morgan fingerprint density at radius 2 is 1.65 bits per heavy atom. The summed E-state index contributed by atoms with van der Waals surface area (Å²) < 4.78 is 13.0. The van der Waals surface area contributed by atoms with Crippen molar-refractivity contribution in [3.05, 3.63) is 65.0 Å². The molecule has 0 aromatic heterocycles. The topological polar surface area (TPSA) is 0 Å². The first-order chi connectivity index (χ1) is 8.16. The van der Waals surface area contributed by atoms with Gasteiger partial charge in [-0.05, 0) is 19.9 Å². The van der Waals surface area contributed by atoms with Crippen LogP contribution in [0.25, 0.3) is 0 Å². The van der Waals surface area contributed by atoms with Gasteiger partial charge in [-0.25, -0.2) is 10.7 Å². The van der Waals surface area contributed by atoms with E-state index in [0.29, 0.717) is 0 Å². The van der Waals surface area contributed by atoms with Gasteiger partial charge in [0.15, 0.2) is 0 Å². The molecule has 2 heteroatoms. The Hall–Kier alpha value is -1.57. The average Bonchev–Trinajstić information content (AvgIpc) is 2.28. The molecule has 0 bridgehead atoms. The molecule has 0 fully saturated rings. The Morgan fingerprint density at radius 3 is 2.29 bits per heavy atom. The third kappa shape index (κ3) is 2.97. The van der Waals surface area contributed by atoms with E-state index in [4.69, 9.17) is 0 Å². The summed E-state index contributed by atoms with van der Waals surface area (Å²) in [7, 11) is 2.07. The van der Waals surface area contributed by atoms with Gasteiger partial charge in [-0.1, -0.05) is 47.0 Å². The predicted molar refractivity (Wildman–Crippen MR) is 71.4 cm³/mol. The molecule has 0 amide bonds. The molecule has 0 aliphatic rings. The molecule has 17 heavy (non-hydrogen) atoms. The van der Waals surface area contributed by atoms with Gasteiger partial charge in [-0.3, -0.25) is 12.7 Å². The molecule has 0 N–H and O–H groups in total.